The number of hydrogen-bond donors (Lipinski definition) is 0. The second kappa shape index (κ2) is 20.3. The van der Waals surface area contributed by atoms with Gasteiger partial charge in [-0.15, -0.1) is 6.58 Å². The Morgan fingerprint density at radius 1 is 0.438 bits per heavy atom. The molecule has 0 spiro atoms. The SMILES string of the molecule is C/C=C/C1CCC(C2CCC(C)CC2)CC1.C=CC1CCC(C2CCC(C)CC2)CC1.CC1CCC(C2CCC(C(F)(F)F)CC2)CC1.[HH].[HH].[HH].[HH].[HH].[HH]. The van der Waals surface area contributed by atoms with Crippen molar-refractivity contribution >= 4 is 0 Å². The highest BCUT2D eigenvalue weighted by Crippen LogP contribution is 2.46. The molecular weight excluding hydrogens is 597 g/mol. The van der Waals surface area contributed by atoms with Crippen molar-refractivity contribution in [1.82, 2.24) is 0 Å². The Labute approximate surface area is 305 Å². The molecule has 0 aliphatic heterocycles. The fourth-order valence-corrected chi connectivity index (χ4v) is 11.1. The molecule has 0 aromatic rings. The van der Waals surface area contributed by atoms with E-state index in [-0.39, 0.29) is 8.56 Å². The first-order valence-electron chi connectivity index (χ1n) is 21.4. The van der Waals surface area contributed by atoms with E-state index in [1.807, 2.05) is 0 Å². The molecule has 6 aliphatic rings. The summed E-state index contributed by atoms with van der Waals surface area (Å²) in [7, 11) is 0. The summed E-state index contributed by atoms with van der Waals surface area (Å²) in [5, 5.41) is 0. The molecule has 0 atom stereocenters. The van der Waals surface area contributed by atoms with Crippen LogP contribution in [0.5, 0.6) is 0 Å². The Bertz CT molecular complexity index is 899. The highest BCUT2D eigenvalue weighted by atomic mass is 19.4. The maximum atomic E-state index is 12.6. The fraction of sp³-hybridized carbons (Fsp3) is 0.911. The van der Waals surface area contributed by atoms with Gasteiger partial charge in [0.15, 0.2) is 0 Å². The van der Waals surface area contributed by atoms with Crippen LogP contribution in [0, 0.1) is 71.0 Å². The summed E-state index contributed by atoms with van der Waals surface area (Å²) in [6.07, 6.45) is 34.1. The molecule has 3 heteroatoms. The number of halogens is 3. The van der Waals surface area contributed by atoms with E-state index in [1.165, 1.54) is 128 Å². The molecule has 0 unspecified atom stereocenters. The lowest BCUT2D eigenvalue weighted by Crippen LogP contribution is -2.31. The molecule has 0 radical (unpaired) electrons. The lowest BCUT2D eigenvalue weighted by molar-refractivity contribution is -0.185. The average molecular weight is 687 g/mol. The third kappa shape index (κ3) is 13.1. The third-order valence-electron chi connectivity index (χ3n) is 14.8. The van der Waals surface area contributed by atoms with E-state index in [0.717, 1.165) is 72.0 Å². The van der Waals surface area contributed by atoms with Gasteiger partial charge < -0.3 is 0 Å². The van der Waals surface area contributed by atoms with Crippen LogP contribution in [0.25, 0.3) is 0 Å². The Morgan fingerprint density at radius 3 is 0.979 bits per heavy atom. The smallest absolute Gasteiger partial charge is 0.171 e. The Balaban J connectivity index is -0.000000685. The van der Waals surface area contributed by atoms with Crippen LogP contribution in [0.1, 0.15) is 190 Å². The van der Waals surface area contributed by atoms with Crippen LogP contribution in [0.15, 0.2) is 24.8 Å². The monoisotopic (exact) mass is 687 g/mol. The number of alkyl halides is 3. The lowest BCUT2D eigenvalue weighted by atomic mass is 9.69. The van der Waals surface area contributed by atoms with Crippen LogP contribution in [0.4, 0.5) is 13.2 Å². The Kier molecular flexibility index (Phi) is 17.0. The molecule has 0 saturated heterocycles. The molecule has 6 rings (SSSR count). The highest BCUT2D eigenvalue weighted by Gasteiger charge is 2.42. The van der Waals surface area contributed by atoms with Gasteiger partial charge in [-0.05, 0) is 188 Å². The normalized spacial score (nSPS) is 41.3. The molecule has 0 aromatic heterocycles. The third-order valence-corrected chi connectivity index (χ3v) is 14.8. The van der Waals surface area contributed by atoms with Crippen molar-refractivity contribution in [2.75, 3.05) is 0 Å². The van der Waals surface area contributed by atoms with E-state index in [4.69, 9.17) is 0 Å². The molecule has 0 amide bonds. The fourth-order valence-electron chi connectivity index (χ4n) is 11.1. The van der Waals surface area contributed by atoms with Gasteiger partial charge in [0.25, 0.3) is 0 Å². The van der Waals surface area contributed by atoms with E-state index in [1.54, 1.807) is 0 Å². The van der Waals surface area contributed by atoms with Crippen LogP contribution < -0.4 is 0 Å². The molecule has 6 saturated carbocycles. The largest absolute Gasteiger partial charge is 0.391 e. The van der Waals surface area contributed by atoms with Crippen molar-refractivity contribution in [3.8, 4) is 0 Å². The number of allylic oxidation sites excluding steroid dienone is 3. The Morgan fingerprint density at radius 2 is 0.708 bits per heavy atom. The van der Waals surface area contributed by atoms with Crippen LogP contribution in [0.2, 0.25) is 0 Å². The van der Waals surface area contributed by atoms with Crippen LogP contribution in [-0.2, 0) is 0 Å². The van der Waals surface area contributed by atoms with Gasteiger partial charge in [-0.3, -0.25) is 0 Å². The topological polar surface area (TPSA) is 0 Å². The molecule has 6 aliphatic carbocycles. The van der Waals surface area contributed by atoms with Crippen molar-refractivity contribution in [2.45, 2.75) is 188 Å². The van der Waals surface area contributed by atoms with E-state index in [9.17, 15) is 13.2 Å². The lowest BCUT2D eigenvalue weighted by Gasteiger charge is -2.37. The van der Waals surface area contributed by atoms with E-state index < -0.39 is 12.1 Å². The van der Waals surface area contributed by atoms with Gasteiger partial charge in [0, 0.05) is 8.56 Å². The zero-order valence-electron chi connectivity index (χ0n) is 32.0. The summed E-state index contributed by atoms with van der Waals surface area (Å²) in [4.78, 5) is 0. The van der Waals surface area contributed by atoms with Gasteiger partial charge in [-0.25, -0.2) is 0 Å². The minimum Gasteiger partial charge on any atom is -0.171 e. The first-order chi connectivity index (χ1) is 23.0. The number of rotatable bonds is 5. The van der Waals surface area contributed by atoms with Crippen molar-refractivity contribution in [3.05, 3.63) is 24.8 Å². The van der Waals surface area contributed by atoms with E-state index >= 15 is 0 Å². The standard InChI is InChI=1S/C16H28.C15H26.C14H23F3.6H2/c1-3-4-14-7-11-16(12-8-14)15-9-5-13(2)6-10-15;1-3-13-6-10-15(11-7-13)14-8-4-12(2)5-9-14;1-10-2-4-11(5-3-10)12-6-8-13(9-7-12)14(15,16)17;;;;;;/h3-4,13-16H,5-12H2,1-2H3;3,12-15H,1,4-11H2,2H3;10-13H,2-9H2,1H3;6*1H/b4-3+;;;;;;;;. The van der Waals surface area contributed by atoms with Gasteiger partial charge >= 0.3 is 6.18 Å². The van der Waals surface area contributed by atoms with Gasteiger partial charge in [0.1, 0.15) is 0 Å². The molecule has 48 heavy (non-hydrogen) atoms. The summed E-state index contributed by atoms with van der Waals surface area (Å²) < 4.78 is 37.7. The van der Waals surface area contributed by atoms with E-state index in [2.05, 4.69) is 52.5 Å². The Hall–Kier alpha value is -0.730. The maximum absolute atomic E-state index is 12.6. The van der Waals surface area contributed by atoms with Crippen molar-refractivity contribution < 1.29 is 21.7 Å². The molecule has 0 nitrogen and oxygen atoms in total. The second-order valence-corrected chi connectivity index (χ2v) is 18.3. The zero-order valence-corrected chi connectivity index (χ0v) is 32.0. The van der Waals surface area contributed by atoms with Crippen LogP contribution in [-0.4, -0.2) is 6.18 Å². The zero-order chi connectivity index (χ0) is 34.5. The second-order valence-electron chi connectivity index (χ2n) is 18.3. The summed E-state index contributed by atoms with van der Waals surface area (Å²) in [6, 6.07) is 0. The number of hydrogen-bond acceptors (Lipinski definition) is 0. The van der Waals surface area contributed by atoms with Crippen molar-refractivity contribution in [1.29, 1.82) is 0 Å². The van der Waals surface area contributed by atoms with Crippen LogP contribution >= 0.6 is 0 Å². The first kappa shape index (κ1) is 40.0. The molecule has 0 aromatic carbocycles. The van der Waals surface area contributed by atoms with Gasteiger partial charge in [0.2, 0.25) is 0 Å². The quantitative estimate of drug-likeness (QED) is 0.253. The van der Waals surface area contributed by atoms with Crippen molar-refractivity contribution in [3.63, 3.8) is 0 Å². The molecule has 0 heterocycles. The summed E-state index contributed by atoms with van der Waals surface area (Å²) in [5.41, 5.74) is 0. The summed E-state index contributed by atoms with van der Waals surface area (Å²) in [6.45, 7) is 13.2. The first-order valence-corrected chi connectivity index (χ1v) is 21.4. The predicted octanol–water partition coefficient (Wildman–Crippen LogP) is 16.7. The average Bonchev–Trinajstić information content (AvgIpc) is 3.10. The minimum absolute atomic E-state index is 0. The summed E-state index contributed by atoms with van der Waals surface area (Å²) in [5.74, 6) is 9.19. The van der Waals surface area contributed by atoms with Gasteiger partial charge in [0.05, 0.1) is 5.92 Å². The van der Waals surface area contributed by atoms with E-state index in [0.29, 0.717) is 18.8 Å². The molecule has 6 fully saturated rings. The molecule has 0 N–H and O–H groups in total. The summed E-state index contributed by atoms with van der Waals surface area (Å²) >= 11 is 0. The van der Waals surface area contributed by atoms with Crippen LogP contribution in [0.3, 0.4) is 0 Å². The highest BCUT2D eigenvalue weighted by molar-refractivity contribution is 4.91. The van der Waals surface area contributed by atoms with Crippen molar-refractivity contribution in [2.24, 2.45) is 71.0 Å². The van der Waals surface area contributed by atoms with Gasteiger partial charge in [-0.2, -0.15) is 13.2 Å². The maximum Gasteiger partial charge on any atom is 0.391 e. The predicted molar refractivity (Wildman–Crippen MR) is 213 cm³/mol. The molecule has 290 valence electrons. The minimum atomic E-state index is -3.95. The van der Waals surface area contributed by atoms with Gasteiger partial charge in [-0.1, -0.05) is 77.5 Å². The molecular formula is C45H89F3. The molecule has 0 bridgehead atoms.